The van der Waals surface area contributed by atoms with Crippen LogP contribution in [0.1, 0.15) is 31.4 Å². The van der Waals surface area contributed by atoms with Crippen molar-refractivity contribution in [3.8, 4) is 6.07 Å². The summed E-state index contributed by atoms with van der Waals surface area (Å²) >= 11 is 12.0. The smallest absolute Gasteiger partial charge is 0.309 e. The normalized spacial score (nSPS) is 17.7. The van der Waals surface area contributed by atoms with Gasteiger partial charge < -0.3 is 4.74 Å². The van der Waals surface area contributed by atoms with Crippen LogP contribution in [0.15, 0.2) is 18.2 Å². The summed E-state index contributed by atoms with van der Waals surface area (Å²) in [6.07, 6.45) is 1.41. The minimum absolute atomic E-state index is 0.0654. The summed E-state index contributed by atoms with van der Waals surface area (Å²) in [7, 11) is 0. The van der Waals surface area contributed by atoms with Crippen molar-refractivity contribution < 1.29 is 9.53 Å². The first kappa shape index (κ1) is 17.1. The number of halogens is 2. The standard InChI is InChI=1S/C16H18Cl2N2O2/c1-2-22-16(21)11-5-7-20(8-6-11)15(10-19)12-3-4-13(17)14(18)9-12/h3-4,9,11,15H,2,5-8H2,1H3. The fourth-order valence-corrected chi connectivity index (χ4v) is 3.01. The van der Waals surface area contributed by atoms with Crippen LogP contribution in [0.3, 0.4) is 0 Å². The summed E-state index contributed by atoms with van der Waals surface area (Å²) in [6, 6.07) is 7.19. The Balaban J connectivity index is 2.03. The highest BCUT2D eigenvalue weighted by Crippen LogP contribution is 2.31. The van der Waals surface area contributed by atoms with Crippen molar-refractivity contribution >= 4 is 29.2 Å². The molecule has 0 amide bonds. The zero-order valence-electron chi connectivity index (χ0n) is 12.4. The lowest BCUT2D eigenvalue weighted by atomic mass is 9.94. The van der Waals surface area contributed by atoms with Gasteiger partial charge in [-0.25, -0.2) is 0 Å². The highest BCUT2D eigenvalue weighted by atomic mass is 35.5. The third-order valence-corrected chi connectivity index (χ3v) is 4.64. The van der Waals surface area contributed by atoms with E-state index >= 15 is 0 Å². The Kier molecular flexibility index (Phi) is 6.07. The van der Waals surface area contributed by atoms with Crippen LogP contribution in [0.5, 0.6) is 0 Å². The van der Waals surface area contributed by atoms with Gasteiger partial charge in [0.05, 0.1) is 28.6 Å². The van der Waals surface area contributed by atoms with Gasteiger partial charge in [-0.15, -0.1) is 0 Å². The number of piperidine rings is 1. The number of nitriles is 1. The molecule has 0 saturated carbocycles. The Labute approximate surface area is 140 Å². The molecule has 0 radical (unpaired) electrons. The number of carbonyl (C=O) groups is 1. The van der Waals surface area contributed by atoms with E-state index in [4.69, 9.17) is 27.9 Å². The van der Waals surface area contributed by atoms with E-state index in [9.17, 15) is 10.1 Å². The Morgan fingerprint density at radius 2 is 2.09 bits per heavy atom. The summed E-state index contributed by atoms with van der Waals surface area (Å²) in [5.74, 6) is -0.199. The molecule has 22 heavy (non-hydrogen) atoms. The first-order valence-electron chi connectivity index (χ1n) is 7.32. The molecule has 2 rings (SSSR count). The summed E-state index contributed by atoms with van der Waals surface area (Å²) in [6.45, 7) is 3.58. The summed E-state index contributed by atoms with van der Waals surface area (Å²) in [5, 5.41) is 10.4. The van der Waals surface area contributed by atoms with Crippen LogP contribution < -0.4 is 0 Å². The van der Waals surface area contributed by atoms with E-state index in [0.29, 0.717) is 42.6 Å². The molecule has 1 heterocycles. The predicted molar refractivity (Wildman–Crippen MR) is 85.7 cm³/mol. The van der Waals surface area contributed by atoms with Crippen LogP contribution in [-0.2, 0) is 9.53 Å². The van der Waals surface area contributed by atoms with Crippen molar-refractivity contribution in [2.24, 2.45) is 5.92 Å². The number of ether oxygens (including phenoxy) is 1. The number of likely N-dealkylation sites (tertiary alicyclic amines) is 1. The van der Waals surface area contributed by atoms with E-state index in [0.717, 1.165) is 5.56 Å². The summed E-state index contributed by atoms with van der Waals surface area (Å²) in [5.41, 5.74) is 0.825. The maximum atomic E-state index is 11.8. The van der Waals surface area contributed by atoms with Gasteiger partial charge in [0.25, 0.3) is 0 Å². The number of hydrogen-bond donors (Lipinski definition) is 0. The van der Waals surface area contributed by atoms with Crippen LogP contribution in [0.2, 0.25) is 10.0 Å². The van der Waals surface area contributed by atoms with Gasteiger partial charge in [-0.2, -0.15) is 5.26 Å². The van der Waals surface area contributed by atoms with Gasteiger partial charge in [-0.3, -0.25) is 9.69 Å². The molecule has 1 saturated heterocycles. The molecule has 1 fully saturated rings. The first-order valence-corrected chi connectivity index (χ1v) is 8.07. The fraction of sp³-hybridized carbons (Fsp3) is 0.500. The van der Waals surface area contributed by atoms with Crippen molar-refractivity contribution in [1.29, 1.82) is 5.26 Å². The van der Waals surface area contributed by atoms with Crippen LogP contribution in [-0.4, -0.2) is 30.6 Å². The number of benzene rings is 1. The number of nitrogens with zero attached hydrogens (tertiary/aromatic N) is 2. The average molecular weight is 341 g/mol. The molecule has 1 aliphatic heterocycles. The van der Waals surface area contributed by atoms with E-state index in [2.05, 4.69) is 11.0 Å². The van der Waals surface area contributed by atoms with Crippen molar-refractivity contribution in [3.63, 3.8) is 0 Å². The molecule has 1 atom stereocenters. The van der Waals surface area contributed by atoms with Crippen LogP contribution in [0.4, 0.5) is 0 Å². The molecule has 4 nitrogen and oxygen atoms in total. The van der Waals surface area contributed by atoms with E-state index in [-0.39, 0.29) is 17.9 Å². The lowest BCUT2D eigenvalue weighted by molar-refractivity contribution is -0.149. The predicted octanol–water partition coefficient (Wildman–Crippen LogP) is 3.83. The number of hydrogen-bond acceptors (Lipinski definition) is 4. The second-order valence-electron chi connectivity index (χ2n) is 5.27. The first-order chi connectivity index (χ1) is 10.6. The number of esters is 1. The highest BCUT2D eigenvalue weighted by Gasteiger charge is 2.30. The molecule has 1 aromatic carbocycles. The van der Waals surface area contributed by atoms with Gasteiger partial charge in [0.1, 0.15) is 6.04 Å². The molecule has 0 spiro atoms. The Bertz CT molecular complexity index is 578. The third kappa shape index (κ3) is 3.92. The molecule has 0 aromatic heterocycles. The van der Waals surface area contributed by atoms with E-state index in [1.165, 1.54) is 0 Å². The molecular weight excluding hydrogens is 323 g/mol. The minimum Gasteiger partial charge on any atom is -0.466 e. The molecule has 1 aliphatic rings. The summed E-state index contributed by atoms with van der Waals surface area (Å²) < 4.78 is 5.06. The SMILES string of the molecule is CCOC(=O)C1CCN(C(C#N)c2ccc(Cl)c(Cl)c2)CC1. The van der Waals surface area contributed by atoms with Gasteiger partial charge in [0, 0.05) is 13.1 Å². The van der Waals surface area contributed by atoms with Crippen molar-refractivity contribution in [3.05, 3.63) is 33.8 Å². The van der Waals surface area contributed by atoms with E-state index in [1.807, 2.05) is 13.0 Å². The molecule has 118 valence electrons. The van der Waals surface area contributed by atoms with Crippen molar-refractivity contribution in [2.75, 3.05) is 19.7 Å². The van der Waals surface area contributed by atoms with Gasteiger partial charge in [0.2, 0.25) is 0 Å². The second kappa shape index (κ2) is 7.82. The third-order valence-electron chi connectivity index (χ3n) is 3.90. The van der Waals surface area contributed by atoms with Gasteiger partial charge in [-0.1, -0.05) is 29.3 Å². The molecule has 1 unspecified atom stereocenters. The number of rotatable bonds is 4. The Morgan fingerprint density at radius 1 is 1.41 bits per heavy atom. The molecular formula is C16H18Cl2N2O2. The lowest BCUT2D eigenvalue weighted by Crippen LogP contribution is -2.38. The zero-order valence-corrected chi connectivity index (χ0v) is 13.9. The highest BCUT2D eigenvalue weighted by molar-refractivity contribution is 6.42. The van der Waals surface area contributed by atoms with Crippen molar-refractivity contribution in [2.45, 2.75) is 25.8 Å². The van der Waals surface area contributed by atoms with Crippen LogP contribution in [0, 0.1) is 17.2 Å². The summed E-state index contributed by atoms with van der Waals surface area (Å²) in [4.78, 5) is 13.8. The lowest BCUT2D eigenvalue weighted by Gasteiger charge is -2.33. The second-order valence-corrected chi connectivity index (χ2v) is 6.08. The van der Waals surface area contributed by atoms with Gasteiger partial charge in [0.15, 0.2) is 0 Å². The largest absolute Gasteiger partial charge is 0.466 e. The Hall–Kier alpha value is -1.28. The molecule has 0 N–H and O–H groups in total. The van der Waals surface area contributed by atoms with Crippen LogP contribution >= 0.6 is 23.2 Å². The van der Waals surface area contributed by atoms with Crippen molar-refractivity contribution in [1.82, 2.24) is 4.90 Å². The van der Waals surface area contributed by atoms with E-state index in [1.54, 1.807) is 12.1 Å². The Morgan fingerprint density at radius 3 is 2.64 bits per heavy atom. The van der Waals surface area contributed by atoms with E-state index < -0.39 is 0 Å². The molecule has 0 aliphatic carbocycles. The topological polar surface area (TPSA) is 53.3 Å². The maximum absolute atomic E-state index is 11.8. The maximum Gasteiger partial charge on any atom is 0.309 e. The quantitative estimate of drug-likeness (QED) is 0.781. The van der Waals surface area contributed by atoms with Gasteiger partial charge in [-0.05, 0) is 37.5 Å². The van der Waals surface area contributed by atoms with Gasteiger partial charge >= 0.3 is 5.97 Å². The molecule has 0 bridgehead atoms. The zero-order chi connectivity index (χ0) is 16.1. The number of carbonyl (C=O) groups excluding carboxylic acids is 1. The fourth-order valence-electron chi connectivity index (χ4n) is 2.70. The molecule has 1 aromatic rings. The average Bonchev–Trinajstić information content (AvgIpc) is 2.52. The minimum atomic E-state index is -0.377. The molecule has 6 heteroatoms. The monoisotopic (exact) mass is 340 g/mol. The van der Waals surface area contributed by atoms with Crippen LogP contribution in [0.25, 0.3) is 0 Å².